The monoisotopic (exact) mass is 393 g/mol. The van der Waals surface area contributed by atoms with Gasteiger partial charge in [0.1, 0.15) is 11.5 Å². The van der Waals surface area contributed by atoms with Gasteiger partial charge in [0, 0.05) is 11.6 Å². The van der Waals surface area contributed by atoms with E-state index in [4.69, 9.17) is 33.3 Å². The van der Waals surface area contributed by atoms with E-state index in [-0.39, 0.29) is 12.5 Å². The zero-order valence-corrected chi connectivity index (χ0v) is 16.0. The first-order valence-corrected chi connectivity index (χ1v) is 8.61. The molecule has 26 heavy (non-hydrogen) atoms. The molecule has 0 aliphatic rings. The molecule has 2 aromatic carbocycles. The average Bonchev–Trinajstić information content (AvgIpc) is 2.66. The van der Waals surface area contributed by atoms with Crippen molar-refractivity contribution < 1.29 is 14.3 Å². The van der Waals surface area contributed by atoms with Crippen molar-refractivity contribution in [3.8, 4) is 11.5 Å². The van der Waals surface area contributed by atoms with Crippen LogP contribution in [0.25, 0.3) is 0 Å². The number of nitrogens with one attached hydrogen (secondary N) is 3. The fourth-order valence-corrected chi connectivity index (χ4v) is 2.23. The third kappa shape index (κ3) is 6.42. The maximum absolute atomic E-state index is 11.8. The predicted molar refractivity (Wildman–Crippen MR) is 105 cm³/mol. The summed E-state index contributed by atoms with van der Waals surface area (Å²) in [6.45, 7) is 2.24. The second kappa shape index (κ2) is 9.84. The van der Waals surface area contributed by atoms with Crippen LogP contribution in [0.4, 0.5) is 0 Å². The minimum atomic E-state index is -0.355. The summed E-state index contributed by atoms with van der Waals surface area (Å²) in [5.74, 6) is 1.01. The molecule has 0 radical (unpaired) electrons. The van der Waals surface area contributed by atoms with E-state index < -0.39 is 0 Å². The second-order valence-corrected chi connectivity index (χ2v) is 6.22. The number of hydrogen-bond donors (Lipinski definition) is 3. The molecule has 0 aliphatic carbocycles. The number of amides is 1. The molecule has 0 fully saturated rings. The first-order chi connectivity index (χ1) is 12.5. The van der Waals surface area contributed by atoms with Crippen LogP contribution in [0, 0.1) is 6.92 Å². The Morgan fingerprint density at radius 3 is 2.46 bits per heavy atom. The number of methoxy groups -OCH3 is 1. The number of hydrogen-bond acceptors (Lipinski definition) is 4. The third-order valence-electron chi connectivity index (χ3n) is 3.43. The fourth-order valence-electron chi connectivity index (χ4n) is 1.99. The first-order valence-electron chi connectivity index (χ1n) is 7.82. The number of hydrazine groups is 1. The molecule has 0 spiro atoms. The summed E-state index contributed by atoms with van der Waals surface area (Å²) in [5.41, 5.74) is 7.01. The van der Waals surface area contributed by atoms with E-state index in [0.29, 0.717) is 22.4 Å². The maximum Gasteiger partial charge on any atom is 0.276 e. The first kappa shape index (κ1) is 19.8. The van der Waals surface area contributed by atoms with Gasteiger partial charge in [-0.3, -0.25) is 15.6 Å². The Kier molecular flexibility index (Phi) is 7.50. The molecule has 0 saturated heterocycles. The highest BCUT2D eigenvalue weighted by molar-refractivity contribution is 7.80. The Balaban J connectivity index is 1.67. The van der Waals surface area contributed by atoms with Crippen LogP contribution in [0.1, 0.15) is 11.1 Å². The van der Waals surface area contributed by atoms with Crippen molar-refractivity contribution in [1.82, 2.24) is 16.2 Å². The highest BCUT2D eigenvalue weighted by atomic mass is 35.5. The van der Waals surface area contributed by atoms with E-state index in [1.165, 1.54) is 0 Å². The van der Waals surface area contributed by atoms with Crippen molar-refractivity contribution in [2.75, 3.05) is 13.7 Å². The Morgan fingerprint density at radius 1 is 1.12 bits per heavy atom. The zero-order valence-electron chi connectivity index (χ0n) is 14.5. The number of ether oxygens (including phenoxy) is 2. The number of aryl methyl sites for hydroxylation is 1. The van der Waals surface area contributed by atoms with E-state index in [2.05, 4.69) is 16.2 Å². The van der Waals surface area contributed by atoms with Crippen molar-refractivity contribution in [1.29, 1.82) is 0 Å². The van der Waals surface area contributed by atoms with E-state index >= 15 is 0 Å². The molecule has 138 valence electrons. The van der Waals surface area contributed by atoms with Crippen LogP contribution in [0.5, 0.6) is 11.5 Å². The smallest absolute Gasteiger partial charge is 0.276 e. The molecular formula is C18H20ClN3O3S. The summed E-state index contributed by atoms with van der Waals surface area (Å²) in [5, 5.41) is 3.94. The van der Waals surface area contributed by atoms with Gasteiger partial charge in [-0.2, -0.15) is 0 Å². The lowest BCUT2D eigenvalue weighted by Gasteiger charge is -2.12. The summed E-state index contributed by atoms with van der Waals surface area (Å²) in [4.78, 5) is 11.8. The molecular weight excluding hydrogens is 374 g/mol. The van der Waals surface area contributed by atoms with Crippen LogP contribution in [-0.4, -0.2) is 24.7 Å². The molecule has 0 aliphatic heterocycles. The largest absolute Gasteiger partial charge is 0.497 e. The van der Waals surface area contributed by atoms with Crippen molar-refractivity contribution in [3.63, 3.8) is 0 Å². The zero-order chi connectivity index (χ0) is 18.9. The molecule has 2 rings (SSSR count). The Labute approximate surface area is 162 Å². The fraction of sp³-hybridized carbons (Fsp3) is 0.222. The molecule has 0 heterocycles. The molecule has 0 unspecified atom stereocenters. The van der Waals surface area contributed by atoms with Gasteiger partial charge in [0.15, 0.2) is 11.7 Å². The second-order valence-electron chi connectivity index (χ2n) is 5.40. The molecule has 0 bridgehead atoms. The van der Waals surface area contributed by atoms with E-state index in [9.17, 15) is 4.79 Å². The van der Waals surface area contributed by atoms with Gasteiger partial charge in [0.2, 0.25) is 0 Å². The molecule has 0 saturated carbocycles. The predicted octanol–water partition coefficient (Wildman–Crippen LogP) is 2.73. The lowest BCUT2D eigenvalue weighted by Crippen LogP contribution is -2.48. The number of carbonyl (C=O) groups is 1. The van der Waals surface area contributed by atoms with Gasteiger partial charge < -0.3 is 14.8 Å². The van der Waals surface area contributed by atoms with Gasteiger partial charge in [-0.1, -0.05) is 23.7 Å². The van der Waals surface area contributed by atoms with Crippen LogP contribution in [0.15, 0.2) is 42.5 Å². The van der Waals surface area contributed by atoms with Crippen molar-refractivity contribution in [2.45, 2.75) is 13.5 Å². The van der Waals surface area contributed by atoms with Crippen LogP contribution in [0.3, 0.4) is 0 Å². The van der Waals surface area contributed by atoms with Crippen LogP contribution < -0.4 is 25.6 Å². The molecule has 8 heteroatoms. The number of thiocarbonyl (C=S) groups is 1. The molecule has 0 atom stereocenters. The van der Waals surface area contributed by atoms with Crippen LogP contribution >= 0.6 is 23.8 Å². The number of halogens is 1. The topological polar surface area (TPSA) is 71.6 Å². The number of benzene rings is 2. The van der Waals surface area contributed by atoms with Gasteiger partial charge in [0.25, 0.3) is 5.91 Å². The van der Waals surface area contributed by atoms with Crippen molar-refractivity contribution in [2.24, 2.45) is 0 Å². The van der Waals surface area contributed by atoms with Crippen LogP contribution in [-0.2, 0) is 11.3 Å². The van der Waals surface area contributed by atoms with E-state index in [0.717, 1.165) is 16.9 Å². The minimum absolute atomic E-state index is 0.144. The summed E-state index contributed by atoms with van der Waals surface area (Å²) >= 11 is 11.1. The lowest BCUT2D eigenvalue weighted by molar-refractivity contribution is -0.123. The number of rotatable bonds is 6. The lowest BCUT2D eigenvalue weighted by atomic mass is 10.2. The van der Waals surface area contributed by atoms with Crippen molar-refractivity contribution in [3.05, 3.63) is 58.6 Å². The summed E-state index contributed by atoms with van der Waals surface area (Å²) < 4.78 is 10.5. The summed E-state index contributed by atoms with van der Waals surface area (Å²) in [6, 6.07) is 12.8. The Morgan fingerprint density at radius 2 is 1.81 bits per heavy atom. The highest BCUT2D eigenvalue weighted by Crippen LogP contribution is 2.20. The minimum Gasteiger partial charge on any atom is -0.497 e. The molecule has 3 N–H and O–H groups in total. The van der Waals surface area contributed by atoms with Gasteiger partial charge >= 0.3 is 0 Å². The molecule has 1 amide bonds. The van der Waals surface area contributed by atoms with Gasteiger partial charge in [-0.25, -0.2) is 0 Å². The Hall–Kier alpha value is -2.51. The third-order valence-corrected chi connectivity index (χ3v) is 4.10. The molecule has 0 aromatic heterocycles. The van der Waals surface area contributed by atoms with Crippen LogP contribution in [0.2, 0.25) is 5.02 Å². The summed E-state index contributed by atoms with van der Waals surface area (Å²) in [7, 11) is 1.62. The number of carbonyl (C=O) groups excluding carboxylic acids is 1. The van der Waals surface area contributed by atoms with Gasteiger partial charge in [-0.15, -0.1) is 0 Å². The van der Waals surface area contributed by atoms with E-state index in [1.807, 2.05) is 31.2 Å². The van der Waals surface area contributed by atoms with Gasteiger partial charge in [-0.05, 0) is 60.6 Å². The summed E-state index contributed by atoms with van der Waals surface area (Å²) in [6.07, 6.45) is 0. The SMILES string of the molecule is COc1ccc(CNC(=S)NNC(=O)COc2ccc(Cl)c(C)c2)cc1. The highest BCUT2D eigenvalue weighted by Gasteiger charge is 2.05. The average molecular weight is 394 g/mol. The molecule has 2 aromatic rings. The normalized spacial score (nSPS) is 9.96. The quantitative estimate of drug-likeness (QED) is 0.518. The molecule has 6 nitrogen and oxygen atoms in total. The maximum atomic E-state index is 11.8. The van der Waals surface area contributed by atoms with Crippen molar-refractivity contribution >= 4 is 34.8 Å². The van der Waals surface area contributed by atoms with E-state index in [1.54, 1.807) is 25.3 Å². The standard InChI is InChI=1S/C18H20ClN3O3S/c1-12-9-15(7-8-16(12)19)25-11-17(23)21-22-18(26)20-10-13-3-5-14(24-2)6-4-13/h3-9H,10-11H2,1-2H3,(H,21,23)(H2,20,22,26). The van der Waals surface area contributed by atoms with Gasteiger partial charge in [0.05, 0.1) is 7.11 Å². The Bertz CT molecular complexity index is 769.